The van der Waals surface area contributed by atoms with Crippen LogP contribution >= 0.6 is 0 Å². The Balaban J connectivity index is 2.27. The lowest BCUT2D eigenvalue weighted by Crippen LogP contribution is -2.22. The molecule has 0 saturated heterocycles. The molecule has 2 aromatic rings. The van der Waals surface area contributed by atoms with Gasteiger partial charge in [0, 0.05) is 17.5 Å². The summed E-state index contributed by atoms with van der Waals surface area (Å²) in [5, 5.41) is 3.53. The highest BCUT2D eigenvalue weighted by molar-refractivity contribution is 5.29. The van der Waals surface area contributed by atoms with E-state index in [0.717, 1.165) is 30.0 Å². The first-order valence-corrected chi connectivity index (χ1v) is 6.41. The van der Waals surface area contributed by atoms with Gasteiger partial charge in [0.1, 0.15) is 5.76 Å². The van der Waals surface area contributed by atoms with Gasteiger partial charge in [0.2, 0.25) is 0 Å². The van der Waals surface area contributed by atoms with E-state index in [1.165, 1.54) is 5.56 Å². The van der Waals surface area contributed by atoms with Crippen molar-refractivity contribution in [2.45, 2.75) is 33.2 Å². The number of nitrogens with zero attached hydrogens (tertiary/aromatic N) is 1. The fraction of sp³-hybridized carbons (Fsp3) is 0.400. The maximum absolute atomic E-state index is 5.41. The van der Waals surface area contributed by atoms with E-state index >= 15 is 0 Å². The minimum Gasteiger partial charge on any atom is -0.469 e. The van der Waals surface area contributed by atoms with Gasteiger partial charge in [-0.3, -0.25) is 4.98 Å². The summed E-state index contributed by atoms with van der Waals surface area (Å²) >= 11 is 0. The highest BCUT2D eigenvalue weighted by Gasteiger charge is 2.15. The van der Waals surface area contributed by atoms with Gasteiger partial charge in [-0.05, 0) is 44.5 Å². The Morgan fingerprint density at radius 2 is 2.11 bits per heavy atom. The highest BCUT2D eigenvalue weighted by Crippen LogP contribution is 2.23. The summed E-state index contributed by atoms with van der Waals surface area (Å²) in [7, 11) is 0. The normalized spacial score (nSPS) is 12.6. The first-order chi connectivity index (χ1) is 8.70. The second-order valence-electron chi connectivity index (χ2n) is 4.61. The number of hydrogen-bond acceptors (Lipinski definition) is 3. The Labute approximate surface area is 108 Å². The SMILES string of the molecule is CCCNC(c1ccc(C)nc1)c1coc(C)c1. The summed E-state index contributed by atoms with van der Waals surface area (Å²) in [5.74, 6) is 0.938. The average molecular weight is 244 g/mol. The summed E-state index contributed by atoms with van der Waals surface area (Å²) in [4.78, 5) is 4.37. The summed E-state index contributed by atoms with van der Waals surface area (Å²) in [5.41, 5.74) is 3.37. The number of hydrogen-bond donors (Lipinski definition) is 1. The fourth-order valence-electron chi connectivity index (χ4n) is 1.98. The maximum Gasteiger partial charge on any atom is 0.101 e. The fourth-order valence-corrected chi connectivity index (χ4v) is 1.98. The van der Waals surface area contributed by atoms with Crippen molar-refractivity contribution in [2.24, 2.45) is 0 Å². The van der Waals surface area contributed by atoms with Crippen molar-refractivity contribution in [1.29, 1.82) is 0 Å². The molecule has 0 aliphatic rings. The van der Waals surface area contributed by atoms with E-state index in [9.17, 15) is 0 Å². The van der Waals surface area contributed by atoms with Crippen LogP contribution in [0.4, 0.5) is 0 Å². The molecule has 0 aromatic carbocycles. The van der Waals surface area contributed by atoms with E-state index < -0.39 is 0 Å². The van der Waals surface area contributed by atoms with Crippen LogP contribution in [0.5, 0.6) is 0 Å². The average Bonchev–Trinajstić information content (AvgIpc) is 2.78. The molecule has 0 bridgehead atoms. The van der Waals surface area contributed by atoms with Crippen LogP contribution in [0.25, 0.3) is 0 Å². The molecule has 18 heavy (non-hydrogen) atoms. The van der Waals surface area contributed by atoms with Gasteiger partial charge < -0.3 is 9.73 Å². The largest absolute Gasteiger partial charge is 0.469 e. The minimum absolute atomic E-state index is 0.162. The lowest BCUT2D eigenvalue weighted by molar-refractivity contribution is 0.523. The third-order valence-corrected chi connectivity index (χ3v) is 2.95. The Bertz CT molecular complexity index is 487. The van der Waals surface area contributed by atoms with Gasteiger partial charge >= 0.3 is 0 Å². The van der Waals surface area contributed by atoms with Gasteiger partial charge in [-0.2, -0.15) is 0 Å². The van der Waals surface area contributed by atoms with Gasteiger partial charge in [0.05, 0.1) is 12.3 Å². The lowest BCUT2D eigenvalue weighted by Gasteiger charge is -2.17. The molecule has 1 N–H and O–H groups in total. The Hall–Kier alpha value is -1.61. The number of pyridine rings is 1. The maximum atomic E-state index is 5.41. The smallest absolute Gasteiger partial charge is 0.101 e. The molecule has 0 amide bonds. The van der Waals surface area contributed by atoms with Crippen LogP contribution < -0.4 is 5.32 Å². The van der Waals surface area contributed by atoms with Crippen molar-refractivity contribution in [3.8, 4) is 0 Å². The van der Waals surface area contributed by atoms with Crippen LogP contribution in [0.2, 0.25) is 0 Å². The second kappa shape index (κ2) is 5.83. The van der Waals surface area contributed by atoms with Gasteiger partial charge in [0.15, 0.2) is 0 Å². The van der Waals surface area contributed by atoms with Gasteiger partial charge in [0.25, 0.3) is 0 Å². The number of furan rings is 1. The monoisotopic (exact) mass is 244 g/mol. The third-order valence-electron chi connectivity index (χ3n) is 2.95. The summed E-state index contributed by atoms with van der Waals surface area (Å²) in [6, 6.07) is 6.41. The molecule has 2 heterocycles. The van der Waals surface area contributed by atoms with Crippen LogP contribution in [0.1, 0.15) is 42.0 Å². The molecule has 0 aliphatic carbocycles. The molecule has 0 spiro atoms. The van der Waals surface area contributed by atoms with Crippen molar-refractivity contribution >= 4 is 0 Å². The molecule has 0 radical (unpaired) electrons. The van der Waals surface area contributed by atoms with Crippen molar-refractivity contribution < 1.29 is 4.42 Å². The zero-order valence-corrected chi connectivity index (χ0v) is 11.2. The van der Waals surface area contributed by atoms with Crippen molar-refractivity contribution in [3.63, 3.8) is 0 Å². The molecular formula is C15H20N2O. The van der Waals surface area contributed by atoms with Crippen LogP contribution in [0.3, 0.4) is 0 Å². The van der Waals surface area contributed by atoms with E-state index in [-0.39, 0.29) is 6.04 Å². The van der Waals surface area contributed by atoms with Gasteiger partial charge in [-0.1, -0.05) is 13.0 Å². The summed E-state index contributed by atoms with van der Waals surface area (Å²) in [6.07, 6.45) is 4.86. The molecule has 3 heteroatoms. The molecule has 1 atom stereocenters. The molecule has 3 nitrogen and oxygen atoms in total. The molecule has 96 valence electrons. The van der Waals surface area contributed by atoms with E-state index in [0.29, 0.717) is 0 Å². The zero-order valence-electron chi connectivity index (χ0n) is 11.2. The quantitative estimate of drug-likeness (QED) is 0.876. The highest BCUT2D eigenvalue weighted by atomic mass is 16.3. The summed E-state index contributed by atoms with van der Waals surface area (Å²) < 4.78 is 5.41. The van der Waals surface area contributed by atoms with Crippen LogP contribution in [-0.4, -0.2) is 11.5 Å². The van der Waals surface area contributed by atoms with Gasteiger partial charge in [-0.25, -0.2) is 0 Å². The molecule has 2 aromatic heterocycles. The standard InChI is InChI=1S/C15H20N2O/c1-4-7-16-15(14-8-12(3)18-10-14)13-6-5-11(2)17-9-13/h5-6,8-10,15-16H,4,7H2,1-3H3. The minimum atomic E-state index is 0.162. The van der Waals surface area contributed by atoms with Crippen molar-refractivity contribution in [1.82, 2.24) is 10.3 Å². The van der Waals surface area contributed by atoms with Crippen molar-refractivity contribution in [3.05, 3.63) is 53.2 Å². The number of nitrogens with one attached hydrogen (secondary N) is 1. The lowest BCUT2D eigenvalue weighted by atomic mass is 10.0. The second-order valence-corrected chi connectivity index (χ2v) is 4.61. The molecule has 2 rings (SSSR count). The molecule has 0 fully saturated rings. The first kappa shape index (κ1) is 12.8. The number of aromatic nitrogens is 1. The van der Waals surface area contributed by atoms with Crippen LogP contribution in [0.15, 0.2) is 35.1 Å². The summed E-state index contributed by atoms with van der Waals surface area (Å²) in [6.45, 7) is 7.11. The Kier molecular flexibility index (Phi) is 4.15. The van der Waals surface area contributed by atoms with Crippen molar-refractivity contribution in [2.75, 3.05) is 6.54 Å². The first-order valence-electron chi connectivity index (χ1n) is 6.41. The zero-order chi connectivity index (χ0) is 13.0. The molecule has 0 saturated carbocycles. The molecule has 0 aliphatic heterocycles. The number of rotatable bonds is 5. The van der Waals surface area contributed by atoms with E-state index in [1.54, 1.807) is 0 Å². The Morgan fingerprint density at radius 1 is 1.28 bits per heavy atom. The number of aryl methyl sites for hydroxylation is 2. The topological polar surface area (TPSA) is 38.1 Å². The predicted octanol–water partition coefficient (Wildman–Crippen LogP) is 3.38. The van der Waals surface area contributed by atoms with E-state index in [2.05, 4.69) is 29.4 Å². The van der Waals surface area contributed by atoms with Gasteiger partial charge in [-0.15, -0.1) is 0 Å². The Morgan fingerprint density at radius 3 is 2.67 bits per heavy atom. The molecule has 1 unspecified atom stereocenters. The molecular weight excluding hydrogens is 224 g/mol. The van der Waals surface area contributed by atoms with Crippen LogP contribution in [0, 0.1) is 13.8 Å². The predicted molar refractivity (Wildman–Crippen MR) is 72.6 cm³/mol. The van der Waals surface area contributed by atoms with E-state index in [4.69, 9.17) is 4.42 Å². The van der Waals surface area contributed by atoms with Crippen LogP contribution in [-0.2, 0) is 0 Å². The van der Waals surface area contributed by atoms with E-state index in [1.807, 2.05) is 32.4 Å². The third kappa shape index (κ3) is 2.99.